The first-order valence-electron chi connectivity index (χ1n) is 5.07. The maximum atomic E-state index is 6.04. The first-order chi connectivity index (χ1) is 8.15. The second-order valence-corrected chi connectivity index (χ2v) is 4.44. The molecule has 0 saturated heterocycles. The van der Waals surface area contributed by atoms with Gasteiger partial charge in [0.1, 0.15) is 12.4 Å². The second-order valence-electron chi connectivity index (χ2n) is 3.60. The Kier molecular flexibility index (Phi) is 3.77. The second kappa shape index (κ2) is 5.30. The lowest BCUT2D eigenvalue weighted by molar-refractivity contribution is 0.306. The fourth-order valence-corrected chi connectivity index (χ4v) is 1.87. The molecule has 2 rings (SSSR count). The van der Waals surface area contributed by atoms with E-state index in [0.717, 1.165) is 11.3 Å². The maximum absolute atomic E-state index is 6.04. The number of benzene rings is 2. The van der Waals surface area contributed by atoms with Gasteiger partial charge in [0, 0.05) is 27.4 Å². The minimum atomic E-state index is 0.388. The Morgan fingerprint density at radius 2 is 1.88 bits per heavy atom. The van der Waals surface area contributed by atoms with Gasteiger partial charge in [-0.15, -0.1) is 0 Å². The van der Waals surface area contributed by atoms with Gasteiger partial charge in [0.2, 0.25) is 0 Å². The normalized spacial score (nSPS) is 10.2. The standard InChI is InChI=1S/C13H11Cl2NO/c14-10-5-4-9(13(15)6-10)8-17-12-3-1-2-11(16)7-12/h1-7H,8,16H2. The molecule has 2 aromatic carbocycles. The van der Waals surface area contributed by atoms with E-state index in [1.54, 1.807) is 18.2 Å². The van der Waals surface area contributed by atoms with Crippen LogP contribution in [0.3, 0.4) is 0 Å². The van der Waals surface area contributed by atoms with Crippen molar-refractivity contribution in [2.24, 2.45) is 0 Å². The van der Waals surface area contributed by atoms with Crippen molar-refractivity contribution in [2.45, 2.75) is 6.61 Å². The van der Waals surface area contributed by atoms with E-state index < -0.39 is 0 Å². The molecule has 2 nitrogen and oxygen atoms in total. The molecule has 0 spiro atoms. The molecule has 2 aromatic rings. The predicted octanol–water partition coefficient (Wildman–Crippen LogP) is 4.15. The van der Waals surface area contributed by atoms with Crippen LogP contribution in [-0.4, -0.2) is 0 Å². The van der Waals surface area contributed by atoms with Crippen molar-refractivity contribution in [3.05, 3.63) is 58.1 Å². The summed E-state index contributed by atoms with van der Waals surface area (Å²) in [5, 5.41) is 1.21. The molecule has 0 unspecified atom stereocenters. The van der Waals surface area contributed by atoms with Crippen LogP contribution in [0, 0.1) is 0 Å². The highest BCUT2D eigenvalue weighted by molar-refractivity contribution is 6.35. The average Bonchev–Trinajstić information content (AvgIpc) is 2.28. The van der Waals surface area contributed by atoms with Crippen molar-refractivity contribution in [1.82, 2.24) is 0 Å². The van der Waals surface area contributed by atoms with Gasteiger partial charge in [-0.25, -0.2) is 0 Å². The van der Waals surface area contributed by atoms with Crippen molar-refractivity contribution in [3.63, 3.8) is 0 Å². The minimum absolute atomic E-state index is 0.388. The molecule has 0 saturated carbocycles. The summed E-state index contributed by atoms with van der Waals surface area (Å²) < 4.78 is 5.59. The Labute approximate surface area is 110 Å². The molecule has 88 valence electrons. The molecule has 0 radical (unpaired) electrons. The van der Waals surface area contributed by atoms with E-state index >= 15 is 0 Å². The van der Waals surface area contributed by atoms with Crippen LogP contribution in [-0.2, 0) is 6.61 Å². The van der Waals surface area contributed by atoms with Crippen LogP contribution in [0.4, 0.5) is 5.69 Å². The summed E-state index contributed by atoms with van der Waals surface area (Å²) in [5.41, 5.74) is 7.21. The molecule has 0 heterocycles. The first-order valence-corrected chi connectivity index (χ1v) is 5.83. The number of hydrogen-bond acceptors (Lipinski definition) is 2. The van der Waals surface area contributed by atoms with Gasteiger partial charge in [-0.05, 0) is 24.3 Å². The summed E-state index contributed by atoms with van der Waals surface area (Å²) in [4.78, 5) is 0. The Hall–Kier alpha value is -1.38. The monoisotopic (exact) mass is 267 g/mol. The molecule has 0 fully saturated rings. The molecule has 2 N–H and O–H groups in total. The lowest BCUT2D eigenvalue weighted by atomic mass is 10.2. The van der Waals surface area contributed by atoms with E-state index in [0.29, 0.717) is 22.3 Å². The van der Waals surface area contributed by atoms with Gasteiger partial charge in [-0.2, -0.15) is 0 Å². The summed E-state index contributed by atoms with van der Waals surface area (Å²) in [6, 6.07) is 12.6. The van der Waals surface area contributed by atoms with Crippen LogP contribution in [0.2, 0.25) is 10.0 Å². The highest BCUT2D eigenvalue weighted by atomic mass is 35.5. The van der Waals surface area contributed by atoms with E-state index in [9.17, 15) is 0 Å². The zero-order valence-electron chi connectivity index (χ0n) is 8.99. The molecule has 0 aliphatic heterocycles. The zero-order valence-corrected chi connectivity index (χ0v) is 10.5. The van der Waals surface area contributed by atoms with Crippen molar-refractivity contribution >= 4 is 28.9 Å². The molecule has 17 heavy (non-hydrogen) atoms. The molecule has 0 aliphatic carbocycles. The SMILES string of the molecule is Nc1cccc(OCc2ccc(Cl)cc2Cl)c1. The van der Waals surface area contributed by atoms with E-state index in [-0.39, 0.29) is 0 Å². The van der Waals surface area contributed by atoms with E-state index in [1.807, 2.05) is 24.3 Å². The highest BCUT2D eigenvalue weighted by Crippen LogP contribution is 2.23. The first kappa shape index (κ1) is 12.1. The van der Waals surface area contributed by atoms with E-state index in [4.69, 9.17) is 33.7 Å². The predicted molar refractivity (Wildman–Crippen MR) is 71.6 cm³/mol. The Balaban J connectivity index is 2.07. The lowest BCUT2D eigenvalue weighted by Crippen LogP contribution is -1.96. The molecular weight excluding hydrogens is 257 g/mol. The van der Waals surface area contributed by atoms with E-state index in [2.05, 4.69) is 0 Å². The molecule has 0 aliphatic rings. The van der Waals surface area contributed by atoms with Crippen molar-refractivity contribution < 1.29 is 4.74 Å². The fraction of sp³-hybridized carbons (Fsp3) is 0.0769. The van der Waals surface area contributed by atoms with Crippen molar-refractivity contribution in [1.29, 1.82) is 0 Å². The summed E-state index contributed by atoms with van der Waals surface area (Å²) >= 11 is 11.9. The van der Waals surface area contributed by atoms with Crippen LogP contribution in [0.25, 0.3) is 0 Å². The van der Waals surface area contributed by atoms with Crippen LogP contribution in [0.15, 0.2) is 42.5 Å². The van der Waals surface area contributed by atoms with Crippen molar-refractivity contribution in [3.8, 4) is 5.75 Å². The Morgan fingerprint density at radius 1 is 1.06 bits per heavy atom. The van der Waals surface area contributed by atoms with Gasteiger partial charge in [-0.1, -0.05) is 35.3 Å². The topological polar surface area (TPSA) is 35.2 Å². The summed E-state index contributed by atoms with van der Waals surface area (Å²) in [6.45, 7) is 0.388. The molecular formula is C13H11Cl2NO. The Bertz CT molecular complexity index is 529. The minimum Gasteiger partial charge on any atom is -0.489 e. The van der Waals surface area contributed by atoms with Gasteiger partial charge < -0.3 is 10.5 Å². The summed E-state index contributed by atoms with van der Waals surface area (Å²) in [5.74, 6) is 0.719. The number of anilines is 1. The number of rotatable bonds is 3. The molecule has 0 amide bonds. The number of nitrogens with two attached hydrogens (primary N) is 1. The highest BCUT2D eigenvalue weighted by Gasteiger charge is 2.02. The zero-order chi connectivity index (χ0) is 12.3. The van der Waals surface area contributed by atoms with Crippen LogP contribution in [0.1, 0.15) is 5.56 Å². The van der Waals surface area contributed by atoms with Gasteiger partial charge in [-0.3, -0.25) is 0 Å². The molecule has 4 heteroatoms. The van der Waals surface area contributed by atoms with Crippen LogP contribution >= 0.6 is 23.2 Å². The van der Waals surface area contributed by atoms with E-state index in [1.165, 1.54) is 0 Å². The van der Waals surface area contributed by atoms with Gasteiger partial charge in [0.25, 0.3) is 0 Å². The summed E-state index contributed by atoms with van der Waals surface area (Å²) in [6.07, 6.45) is 0. The quantitative estimate of drug-likeness (QED) is 0.848. The van der Waals surface area contributed by atoms with Crippen LogP contribution in [0.5, 0.6) is 5.75 Å². The number of nitrogen functional groups attached to an aromatic ring is 1. The van der Waals surface area contributed by atoms with Crippen LogP contribution < -0.4 is 10.5 Å². The van der Waals surface area contributed by atoms with Gasteiger partial charge in [0.05, 0.1) is 0 Å². The number of hydrogen-bond donors (Lipinski definition) is 1. The van der Waals surface area contributed by atoms with Gasteiger partial charge in [0.15, 0.2) is 0 Å². The molecule has 0 aromatic heterocycles. The third-order valence-electron chi connectivity index (χ3n) is 2.27. The third kappa shape index (κ3) is 3.29. The van der Waals surface area contributed by atoms with Gasteiger partial charge >= 0.3 is 0 Å². The maximum Gasteiger partial charge on any atom is 0.121 e. The summed E-state index contributed by atoms with van der Waals surface area (Å²) in [7, 11) is 0. The largest absolute Gasteiger partial charge is 0.489 e. The Morgan fingerprint density at radius 3 is 2.59 bits per heavy atom. The fourth-order valence-electron chi connectivity index (χ4n) is 1.40. The molecule has 0 bridgehead atoms. The third-order valence-corrected chi connectivity index (χ3v) is 2.85. The smallest absolute Gasteiger partial charge is 0.121 e. The molecule has 0 atom stereocenters. The lowest BCUT2D eigenvalue weighted by Gasteiger charge is -2.08. The number of halogens is 2. The average molecular weight is 268 g/mol. The number of ether oxygens (including phenoxy) is 1. The van der Waals surface area contributed by atoms with Crippen molar-refractivity contribution in [2.75, 3.05) is 5.73 Å².